The molecular weight excluding hydrogens is 439 g/mol. The van der Waals surface area contributed by atoms with Gasteiger partial charge in [-0.1, -0.05) is 12.1 Å². The molecule has 1 N–H and O–H groups in total. The zero-order valence-corrected chi connectivity index (χ0v) is 19.8. The van der Waals surface area contributed by atoms with Gasteiger partial charge in [0.25, 0.3) is 0 Å². The molecule has 8 heteroatoms. The summed E-state index contributed by atoms with van der Waals surface area (Å²) in [5.74, 6) is 0.0812. The standard InChI is InChI=1S/C26H33FN2O5/c1-28(25(31)29-11-7-23(30)8-12-29)22-5-3-19(4-6-22)18-34-24-16-20(15-21(27)17-24)26(32-2)9-13-33-14-10-26/h3-6,15-17,23,30H,7-14,18H2,1-2H3. The van der Waals surface area contributed by atoms with E-state index in [9.17, 15) is 14.3 Å². The van der Waals surface area contributed by atoms with Crippen molar-refractivity contribution in [2.24, 2.45) is 0 Å². The molecule has 2 aliphatic rings. The van der Waals surface area contributed by atoms with Crippen LogP contribution >= 0.6 is 0 Å². The number of benzene rings is 2. The molecule has 0 radical (unpaired) electrons. The summed E-state index contributed by atoms with van der Waals surface area (Å²) >= 11 is 0. The van der Waals surface area contributed by atoms with Crippen molar-refractivity contribution in [2.75, 3.05) is 45.4 Å². The van der Waals surface area contributed by atoms with Gasteiger partial charge in [0.1, 0.15) is 18.2 Å². The molecule has 2 saturated heterocycles. The Kier molecular flexibility index (Phi) is 7.70. The molecule has 0 saturated carbocycles. The second-order valence-electron chi connectivity index (χ2n) is 9.00. The van der Waals surface area contributed by atoms with Crippen LogP contribution in [0.15, 0.2) is 42.5 Å². The molecule has 2 heterocycles. The Balaban J connectivity index is 1.39. The van der Waals surface area contributed by atoms with Gasteiger partial charge in [-0.05, 0) is 48.2 Å². The molecule has 4 rings (SSSR count). The molecule has 2 aliphatic heterocycles. The molecule has 2 aromatic carbocycles. The zero-order valence-electron chi connectivity index (χ0n) is 19.8. The number of methoxy groups -OCH3 is 1. The molecule has 0 atom stereocenters. The molecule has 2 fully saturated rings. The van der Waals surface area contributed by atoms with E-state index in [2.05, 4.69) is 0 Å². The van der Waals surface area contributed by atoms with E-state index >= 15 is 0 Å². The highest BCUT2D eigenvalue weighted by molar-refractivity contribution is 5.91. The van der Waals surface area contributed by atoms with Gasteiger partial charge in [-0.3, -0.25) is 4.90 Å². The number of anilines is 1. The first-order valence-corrected chi connectivity index (χ1v) is 11.8. The maximum atomic E-state index is 14.4. The van der Waals surface area contributed by atoms with E-state index in [1.165, 1.54) is 12.1 Å². The lowest BCUT2D eigenvalue weighted by Gasteiger charge is -2.36. The minimum absolute atomic E-state index is 0.0802. The fraction of sp³-hybridized carbons (Fsp3) is 0.500. The van der Waals surface area contributed by atoms with E-state index in [-0.39, 0.29) is 24.6 Å². The number of aliphatic hydroxyl groups excluding tert-OH is 1. The highest BCUT2D eigenvalue weighted by atomic mass is 19.1. The molecule has 184 valence electrons. The number of piperidine rings is 1. The molecule has 0 aliphatic carbocycles. The number of carbonyl (C=O) groups is 1. The van der Waals surface area contributed by atoms with Gasteiger partial charge in [0, 0.05) is 65.1 Å². The number of amides is 2. The zero-order chi connectivity index (χ0) is 24.1. The van der Waals surface area contributed by atoms with Gasteiger partial charge in [-0.2, -0.15) is 0 Å². The van der Waals surface area contributed by atoms with Crippen molar-refractivity contribution in [1.29, 1.82) is 0 Å². The number of likely N-dealkylation sites (tertiary alicyclic amines) is 1. The molecule has 0 spiro atoms. The van der Waals surface area contributed by atoms with Crippen LogP contribution in [0.25, 0.3) is 0 Å². The smallest absolute Gasteiger partial charge is 0.324 e. The fourth-order valence-electron chi connectivity index (χ4n) is 4.58. The Morgan fingerprint density at radius 3 is 2.50 bits per heavy atom. The van der Waals surface area contributed by atoms with Crippen LogP contribution in [0, 0.1) is 5.82 Å². The number of rotatable bonds is 6. The Bertz CT molecular complexity index is 970. The predicted molar refractivity (Wildman–Crippen MR) is 127 cm³/mol. The average Bonchev–Trinajstić information content (AvgIpc) is 2.87. The van der Waals surface area contributed by atoms with E-state index in [4.69, 9.17) is 14.2 Å². The number of nitrogens with zero attached hydrogens (tertiary/aromatic N) is 2. The number of urea groups is 1. The third-order valence-electron chi connectivity index (χ3n) is 6.84. The first-order chi connectivity index (χ1) is 16.4. The van der Waals surface area contributed by atoms with Crippen LogP contribution in [0.5, 0.6) is 5.75 Å². The van der Waals surface area contributed by atoms with Crippen LogP contribution in [0.2, 0.25) is 0 Å². The van der Waals surface area contributed by atoms with Crippen LogP contribution in [-0.2, 0) is 21.7 Å². The molecule has 0 bridgehead atoms. The van der Waals surface area contributed by atoms with Gasteiger partial charge in [-0.15, -0.1) is 0 Å². The van der Waals surface area contributed by atoms with E-state index in [0.29, 0.717) is 57.7 Å². The lowest BCUT2D eigenvalue weighted by Crippen LogP contribution is -2.46. The SMILES string of the molecule is COC1(c2cc(F)cc(OCc3ccc(N(C)C(=O)N4CCC(O)CC4)cc3)c2)CCOCC1. The minimum Gasteiger partial charge on any atom is -0.489 e. The third-order valence-corrected chi connectivity index (χ3v) is 6.84. The normalized spacial score (nSPS) is 18.5. The molecule has 7 nitrogen and oxygen atoms in total. The quantitative estimate of drug-likeness (QED) is 0.686. The largest absolute Gasteiger partial charge is 0.489 e. The topological polar surface area (TPSA) is 71.5 Å². The summed E-state index contributed by atoms with van der Waals surface area (Å²) < 4.78 is 31.5. The number of hydrogen-bond acceptors (Lipinski definition) is 5. The third kappa shape index (κ3) is 5.51. The second-order valence-corrected chi connectivity index (χ2v) is 9.00. The summed E-state index contributed by atoms with van der Waals surface area (Å²) in [5.41, 5.74) is 1.87. The van der Waals surface area contributed by atoms with Crippen molar-refractivity contribution < 1.29 is 28.5 Å². The maximum Gasteiger partial charge on any atom is 0.324 e. The Morgan fingerprint density at radius 1 is 1.18 bits per heavy atom. The lowest BCUT2D eigenvalue weighted by atomic mass is 9.86. The molecule has 34 heavy (non-hydrogen) atoms. The van der Waals surface area contributed by atoms with Crippen molar-refractivity contribution in [1.82, 2.24) is 4.90 Å². The summed E-state index contributed by atoms with van der Waals surface area (Å²) in [4.78, 5) is 16.1. The predicted octanol–water partition coefficient (Wildman–Crippen LogP) is 4.07. The monoisotopic (exact) mass is 472 g/mol. The second kappa shape index (κ2) is 10.7. The lowest BCUT2D eigenvalue weighted by molar-refractivity contribution is -0.0950. The number of aliphatic hydroxyl groups is 1. The van der Waals surface area contributed by atoms with Gasteiger partial charge >= 0.3 is 6.03 Å². The van der Waals surface area contributed by atoms with Crippen molar-refractivity contribution in [2.45, 2.75) is 44.0 Å². The van der Waals surface area contributed by atoms with Crippen LogP contribution in [0.1, 0.15) is 36.8 Å². The van der Waals surface area contributed by atoms with E-state index in [1.807, 2.05) is 30.3 Å². The molecule has 0 unspecified atom stereocenters. The van der Waals surface area contributed by atoms with Crippen molar-refractivity contribution in [3.63, 3.8) is 0 Å². The fourth-order valence-corrected chi connectivity index (χ4v) is 4.58. The van der Waals surface area contributed by atoms with Crippen LogP contribution in [-0.4, -0.2) is 62.6 Å². The van der Waals surface area contributed by atoms with Gasteiger partial charge in [0.2, 0.25) is 0 Å². The maximum absolute atomic E-state index is 14.4. The highest BCUT2D eigenvalue weighted by Crippen LogP contribution is 2.37. The minimum atomic E-state index is -0.566. The van der Waals surface area contributed by atoms with Crippen molar-refractivity contribution in [3.05, 3.63) is 59.4 Å². The van der Waals surface area contributed by atoms with E-state index < -0.39 is 5.60 Å². The summed E-state index contributed by atoms with van der Waals surface area (Å²) in [7, 11) is 3.39. The number of ether oxygens (including phenoxy) is 3. The van der Waals surface area contributed by atoms with Crippen molar-refractivity contribution >= 4 is 11.7 Å². The molecular formula is C26H33FN2O5. The number of halogens is 1. The summed E-state index contributed by atoms with van der Waals surface area (Å²) in [6, 6.07) is 12.2. The van der Waals surface area contributed by atoms with Crippen LogP contribution in [0.3, 0.4) is 0 Å². The first kappa shape index (κ1) is 24.4. The summed E-state index contributed by atoms with van der Waals surface area (Å²) in [6.07, 6.45) is 2.23. The number of carbonyl (C=O) groups excluding carboxylic acids is 1. The molecule has 2 aromatic rings. The van der Waals surface area contributed by atoms with E-state index in [1.54, 1.807) is 24.0 Å². The average molecular weight is 473 g/mol. The van der Waals surface area contributed by atoms with Gasteiger partial charge in [0.15, 0.2) is 0 Å². The van der Waals surface area contributed by atoms with Gasteiger partial charge in [0.05, 0.1) is 11.7 Å². The highest BCUT2D eigenvalue weighted by Gasteiger charge is 2.35. The van der Waals surface area contributed by atoms with Crippen LogP contribution in [0.4, 0.5) is 14.9 Å². The number of hydrogen-bond donors (Lipinski definition) is 1. The van der Waals surface area contributed by atoms with Crippen molar-refractivity contribution in [3.8, 4) is 5.75 Å². The summed E-state index contributed by atoms with van der Waals surface area (Å²) in [5, 5.41) is 9.65. The molecule has 0 aromatic heterocycles. The summed E-state index contributed by atoms with van der Waals surface area (Å²) in [6.45, 7) is 2.54. The van der Waals surface area contributed by atoms with Gasteiger partial charge < -0.3 is 24.2 Å². The van der Waals surface area contributed by atoms with Gasteiger partial charge in [-0.25, -0.2) is 9.18 Å². The molecule has 2 amide bonds. The Morgan fingerprint density at radius 2 is 1.85 bits per heavy atom. The van der Waals surface area contributed by atoms with E-state index in [0.717, 1.165) is 16.8 Å². The van der Waals surface area contributed by atoms with Crippen LogP contribution < -0.4 is 9.64 Å². The Labute approximate surface area is 200 Å². The first-order valence-electron chi connectivity index (χ1n) is 11.8. The Hall–Kier alpha value is -2.68.